The van der Waals surface area contributed by atoms with Gasteiger partial charge in [-0.3, -0.25) is 4.79 Å². The van der Waals surface area contributed by atoms with Crippen LogP contribution in [0, 0.1) is 0 Å². The second-order valence-electron chi connectivity index (χ2n) is 7.09. The van der Waals surface area contributed by atoms with Crippen LogP contribution in [0.5, 0.6) is 0 Å². The Morgan fingerprint density at radius 2 is 1.69 bits per heavy atom. The molecule has 2 aromatic rings. The lowest BCUT2D eigenvalue weighted by Crippen LogP contribution is -2.31. The number of ether oxygens (including phenoxy) is 1. The molecule has 1 N–H and O–H groups in total. The van der Waals surface area contributed by atoms with Crippen LogP contribution in [0.3, 0.4) is 0 Å². The Bertz CT molecular complexity index is 810. The van der Waals surface area contributed by atoms with Gasteiger partial charge in [0.25, 0.3) is 0 Å². The summed E-state index contributed by atoms with van der Waals surface area (Å²) in [4.78, 5) is 24.5. The van der Waals surface area contributed by atoms with Crippen LogP contribution in [0.25, 0.3) is 0 Å². The van der Waals surface area contributed by atoms with E-state index in [0.29, 0.717) is 12.0 Å². The first-order valence-electron chi connectivity index (χ1n) is 10.3. The lowest BCUT2D eigenvalue weighted by molar-refractivity contribution is -0.121. The van der Waals surface area contributed by atoms with Gasteiger partial charge in [0.2, 0.25) is 5.91 Å². The molecule has 1 atom stereocenters. The fraction of sp³-hybridized carbons (Fsp3) is 0.360. The number of carbonyl (C=O) groups is 2. The maximum Gasteiger partial charge on any atom is 0.337 e. The summed E-state index contributed by atoms with van der Waals surface area (Å²) in [6.07, 6.45) is 6.52. The molecule has 154 valence electrons. The normalized spacial score (nSPS) is 12.3. The minimum Gasteiger partial charge on any atom is -0.465 e. The number of amides is 1. The molecule has 1 amide bonds. The standard InChI is InChI=1S/C25H31NO3/c1-4-6-13-20(10-5-2)24(21-14-16-22(17-15-21)25(28)29-3)26-23(27)18-19-11-8-7-9-12-19/h7-9,11-17,24H,4-6,10,18H2,1-3H3,(H,26,27)/b20-13+/t24-/m1/s1. The number of nitrogens with one attached hydrogen (secondary N) is 1. The van der Waals surface area contributed by atoms with Gasteiger partial charge in [-0.15, -0.1) is 0 Å². The van der Waals surface area contributed by atoms with E-state index in [1.807, 2.05) is 42.5 Å². The zero-order valence-electron chi connectivity index (χ0n) is 17.6. The molecule has 0 aliphatic carbocycles. The predicted molar refractivity (Wildman–Crippen MR) is 117 cm³/mol. The average molecular weight is 394 g/mol. The minimum atomic E-state index is -0.364. The summed E-state index contributed by atoms with van der Waals surface area (Å²) >= 11 is 0. The van der Waals surface area contributed by atoms with Gasteiger partial charge in [-0.25, -0.2) is 4.79 Å². The van der Waals surface area contributed by atoms with E-state index in [1.165, 1.54) is 12.7 Å². The molecule has 0 aliphatic rings. The molecule has 0 heterocycles. The van der Waals surface area contributed by atoms with Crippen molar-refractivity contribution in [2.75, 3.05) is 7.11 Å². The fourth-order valence-corrected chi connectivity index (χ4v) is 3.30. The largest absolute Gasteiger partial charge is 0.465 e. The molecule has 0 aromatic heterocycles. The van der Waals surface area contributed by atoms with Crippen LogP contribution in [0.2, 0.25) is 0 Å². The molecular formula is C25H31NO3. The summed E-state index contributed by atoms with van der Waals surface area (Å²) in [6, 6.07) is 16.8. The number of benzene rings is 2. The molecule has 4 heteroatoms. The summed E-state index contributed by atoms with van der Waals surface area (Å²) in [5, 5.41) is 3.21. The van der Waals surface area contributed by atoms with Crippen LogP contribution < -0.4 is 5.32 Å². The summed E-state index contributed by atoms with van der Waals surface area (Å²) in [5.41, 5.74) is 3.66. The number of rotatable bonds is 10. The highest BCUT2D eigenvalue weighted by Crippen LogP contribution is 2.27. The molecule has 0 spiro atoms. The molecule has 2 aromatic carbocycles. The van der Waals surface area contributed by atoms with Gasteiger partial charge in [-0.05, 0) is 41.7 Å². The monoisotopic (exact) mass is 393 g/mol. The molecule has 0 saturated carbocycles. The first-order valence-corrected chi connectivity index (χ1v) is 10.3. The fourth-order valence-electron chi connectivity index (χ4n) is 3.30. The van der Waals surface area contributed by atoms with Crippen LogP contribution in [0.1, 0.15) is 67.1 Å². The Balaban J connectivity index is 2.29. The molecule has 4 nitrogen and oxygen atoms in total. The van der Waals surface area contributed by atoms with E-state index < -0.39 is 0 Å². The Labute approximate surface area is 174 Å². The predicted octanol–water partition coefficient (Wildman–Crippen LogP) is 5.40. The molecule has 2 rings (SSSR count). The topological polar surface area (TPSA) is 55.4 Å². The highest BCUT2D eigenvalue weighted by molar-refractivity contribution is 5.89. The number of carbonyl (C=O) groups excluding carboxylic acids is 2. The van der Waals surface area contributed by atoms with Gasteiger partial charge in [-0.2, -0.15) is 0 Å². The van der Waals surface area contributed by atoms with E-state index in [2.05, 4.69) is 25.2 Å². The molecule has 0 unspecified atom stereocenters. The molecule has 29 heavy (non-hydrogen) atoms. The SMILES string of the molecule is CCC/C=C(\CCC)[C@@H](NC(=O)Cc1ccccc1)c1ccc(C(=O)OC)cc1. The van der Waals surface area contributed by atoms with Crippen molar-refractivity contribution >= 4 is 11.9 Å². The quantitative estimate of drug-likeness (QED) is 0.434. The molecular weight excluding hydrogens is 362 g/mol. The van der Waals surface area contributed by atoms with Crippen LogP contribution in [-0.4, -0.2) is 19.0 Å². The molecule has 0 bridgehead atoms. The van der Waals surface area contributed by atoms with Crippen molar-refractivity contribution < 1.29 is 14.3 Å². The van der Waals surface area contributed by atoms with Crippen molar-refractivity contribution in [3.63, 3.8) is 0 Å². The number of allylic oxidation sites excluding steroid dienone is 1. The van der Waals surface area contributed by atoms with Crippen molar-refractivity contribution in [2.24, 2.45) is 0 Å². The minimum absolute atomic E-state index is 0.0169. The molecule has 0 radical (unpaired) electrons. The second-order valence-corrected chi connectivity index (χ2v) is 7.09. The van der Waals surface area contributed by atoms with E-state index in [4.69, 9.17) is 4.74 Å². The van der Waals surface area contributed by atoms with Gasteiger partial charge in [0.05, 0.1) is 25.1 Å². The van der Waals surface area contributed by atoms with Gasteiger partial charge >= 0.3 is 5.97 Å². The van der Waals surface area contributed by atoms with E-state index in [0.717, 1.165) is 36.8 Å². The van der Waals surface area contributed by atoms with Gasteiger partial charge < -0.3 is 10.1 Å². The van der Waals surface area contributed by atoms with Crippen LogP contribution >= 0.6 is 0 Å². The van der Waals surface area contributed by atoms with Crippen molar-refractivity contribution in [1.29, 1.82) is 0 Å². The van der Waals surface area contributed by atoms with Crippen LogP contribution in [0.4, 0.5) is 0 Å². The Hall–Kier alpha value is -2.88. The van der Waals surface area contributed by atoms with Crippen LogP contribution in [0.15, 0.2) is 66.2 Å². The van der Waals surface area contributed by atoms with E-state index in [9.17, 15) is 9.59 Å². The molecule has 0 saturated heterocycles. The van der Waals surface area contributed by atoms with Crippen molar-refractivity contribution in [1.82, 2.24) is 5.32 Å². The third-order valence-electron chi connectivity index (χ3n) is 4.78. The number of hydrogen-bond donors (Lipinski definition) is 1. The zero-order chi connectivity index (χ0) is 21.1. The number of hydrogen-bond acceptors (Lipinski definition) is 3. The maximum absolute atomic E-state index is 12.8. The molecule has 0 aliphatic heterocycles. The summed E-state index contributed by atoms with van der Waals surface area (Å²) < 4.78 is 4.79. The summed E-state index contributed by atoms with van der Waals surface area (Å²) in [5.74, 6) is -0.381. The lowest BCUT2D eigenvalue weighted by atomic mass is 9.93. The highest BCUT2D eigenvalue weighted by atomic mass is 16.5. The lowest BCUT2D eigenvalue weighted by Gasteiger charge is -2.23. The van der Waals surface area contributed by atoms with Crippen LogP contribution in [-0.2, 0) is 16.0 Å². The van der Waals surface area contributed by atoms with Crippen molar-refractivity contribution in [3.8, 4) is 0 Å². The van der Waals surface area contributed by atoms with Gasteiger partial charge in [0.1, 0.15) is 0 Å². The van der Waals surface area contributed by atoms with E-state index in [-0.39, 0.29) is 17.9 Å². The molecule has 0 fully saturated rings. The number of methoxy groups -OCH3 is 1. The smallest absolute Gasteiger partial charge is 0.337 e. The number of esters is 1. The average Bonchev–Trinajstić information content (AvgIpc) is 2.75. The van der Waals surface area contributed by atoms with E-state index >= 15 is 0 Å². The Morgan fingerprint density at radius 1 is 1.00 bits per heavy atom. The third-order valence-corrected chi connectivity index (χ3v) is 4.78. The van der Waals surface area contributed by atoms with Gasteiger partial charge in [0, 0.05) is 0 Å². The summed E-state index contributed by atoms with van der Waals surface area (Å²) in [6.45, 7) is 4.29. The highest BCUT2D eigenvalue weighted by Gasteiger charge is 2.19. The second kappa shape index (κ2) is 11.8. The van der Waals surface area contributed by atoms with E-state index in [1.54, 1.807) is 12.1 Å². The van der Waals surface area contributed by atoms with Gasteiger partial charge in [-0.1, -0.05) is 75.2 Å². The Morgan fingerprint density at radius 3 is 2.28 bits per heavy atom. The van der Waals surface area contributed by atoms with Crippen molar-refractivity contribution in [2.45, 2.75) is 52.0 Å². The maximum atomic E-state index is 12.8. The van der Waals surface area contributed by atoms with Crippen molar-refractivity contribution in [3.05, 3.63) is 82.9 Å². The Kier molecular flexibility index (Phi) is 9.16. The first-order chi connectivity index (χ1) is 14.1. The zero-order valence-corrected chi connectivity index (χ0v) is 17.6. The first kappa shape index (κ1) is 22.4. The number of unbranched alkanes of at least 4 members (excludes halogenated alkanes) is 1. The summed E-state index contributed by atoms with van der Waals surface area (Å²) in [7, 11) is 1.37. The van der Waals surface area contributed by atoms with Gasteiger partial charge in [0.15, 0.2) is 0 Å². The third kappa shape index (κ3) is 6.90.